The van der Waals surface area contributed by atoms with E-state index in [1.807, 2.05) is 24.0 Å². The molecule has 2 aromatic rings. The smallest absolute Gasteiger partial charge is 0.229 e. The highest BCUT2D eigenvalue weighted by Gasteiger charge is 2.04. The molecular formula is C12H17N5O2. The summed E-state index contributed by atoms with van der Waals surface area (Å²) in [5.41, 5.74) is 1.14. The molecule has 0 saturated heterocycles. The molecule has 0 fully saturated rings. The summed E-state index contributed by atoms with van der Waals surface area (Å²) in [7, 11) is 3.11. The van der Waals surface area contributed by atoms with Gasteiger partial charge in [0.25, 0.3) is 0 Å². The number of nitrogens with one attached hydrogen (secondary N) is 1. The number of nitrogens with zero attached hydrogens (tertiary/aromatic N) is 4. The molecule has 102 valence electrons. The van der Waals surface area contributed by atoms with Gasteiger partial charge in [-0.1, -0.05) is 0 Å². The Hall–Kier alpha value is -2.31. The van der Waals surface area contributed by atoms with Crippen molar-refractivity contribution in [3.05, 3.63) is 24.0 Å². The van der Waals surface area contributed by atoms with Gasteiger partial charge in [0.15, 0.2) is 0 Å². The predicted octanol–water partition coefficient (Wildman–Crippen LogP) is 1.11. The molecule has 0 unspecified atom stereocenters. The number of anilines is 1. The van der Waals surface area contributed by atoms with Crippen molar-refractivity contribution in [2.24, 2.45) is 0 Å². The van der Waals surface area contributed by atoms with Crippen LogP contribution in [0.2, 0.25) is 0 Å². The van der Waals surface area contributed by atoms with Gasteiger partial charge in [-0.05, 0) is 12.5 Å². The van der Waals surface area contributed by atoms with Crippen molar-refractivity contribution in [3.8, 4) is 11.8 Å². The molecule has 7 nitrogen and oxygen atoms in total. The molecule has 7 heteroatoms. The monoisotopic (exact) mass is 263 g/mol. The summed E-state index contributed by atoms with van der Waals surface area (Å²) in [4.78, 5) is 8.36. The van der Waals surface area contributed by atoms with Gasteiger partial charge in [-0.25, -0.2) is 0 Å². The van der Waals surface area contributed by atoms with Gasteiger partial charge in [-0.3, -0.25) is 4.68 Å². The van der Waals surface area contributed by atoms with Crippen LogP contribution in [0.4, 0.5) is 5.95 Å². The number of rotatable bonds is 6. The SMILES string of the molecule is COc1cc(OC)nc(NCCn2cc(C)cn2)n1. The van der Waals surface area contributed by atoms with Gasteiger partial charge >= 0.3 is 0 Å². The van der Waals surface area contributed by atoms with Gasteiger partial charge in [0.05, 0.1) is 33.0 Å². The second-order valence-corrected chi connectivity index (χ2v) is 3.98. The Labute approximate surface area is 111 Å². The number of hydrogen-bond donors (Lipinski definition) is 1. The molecule has 19 heavy (non-hydrogen) atoms. The molecule has 0 amide bonds. The maximum atomic E-state index is 5.08. The maximum absolute atomic E-state index is 5.08. The van der Waals surface area contributed by atoms with Crippen LogP contribution in [-0.4, -0.2) is 40.5 Å². The molecule has 2 heterocycles. The van der Waals surface area contributed by atoms with E-state index >= 15 is 0 Å². The van der Waals surface area contributed by atoms with Crippen molar-refractivity contribution in [1.82, 2.24) is 19.7 Å². The van der Waals surface area contributed by atoms with Gasteiger partial charge in [0, 0.05) is 12.7 Å². The maximum Gasteiger partial charge on any atom is 0.229 e. The van der Waals surface area contributed by atoms with Crippen LogP contribution in [0.15, 0.2) is 18.5 Å². The lowest BCUT2D eigenvalue weighted by molar-refractivity contribution is 0.372. The fraction of sp³-hybridized carbons (Fsp3) is 0.417. The summed E-state index contributed by atoms with van der Waals surface area (Å²) in [5, 5.41) is 7.31. The minimum Gasteiger partial charge on any atom is -0.481 e. The molecule has 2 rings (SSSR count). The highest BCUT2D eigenvalue weighted by Crippen LogP contribution is 2.16. The number of aromatic nitrogens is 4. The predicted molar refractivity (Wildman–Crippen MR) is 70.6 cm³/mol. The zero-order valence-electron chi connectivity index (χ0n) is 11.3. The highest BCUT2D eigenvalue weighted by atomic mass is 16.5. The molecule has 0 atom stereocenters. The third-order valence-corrected chi connectivity index (χ3v) is 2.48. The van der Waals surface area contributed by atoms with Gasteiger partial charge in [-0.15, -0.1) is 0 Å². The molecule has 2 aromatic heterocycles. The van der Waals surface area contributed by atoms with Crippen molar-refractivity contribution in [1.29, 1.82) is 0 Å². The Morgan fingerprint density at radius 1 is 1.21 bits per heavy atom. The van der Waals surface area contributed by atoms with Crippen molar-refractivity contribution in [2.45, 2.75) is 13.5 Å². The minimum absolute atomic E-state index is 0.462. The van der Waals surface area contributed by atoms with Crippen molar-refractivity contribution < 1.29 is 9.47 Å². The lowest BCUT2D eigenvalue weighted by Crippen LogP contribution is -2.13. The first kappa shape index (κ1) is 13.1. The molecule has 1 N–H and O–H groups in total. The van der Waals surface area contributed by atoms with E-state index in [1.54, 1.807) is 20.3 Å². The Bertz CT molecular complexity index is 518. The third kappa shape index (κ3) is 3.57. The summed E-state index contributed by atoms with van der Waals surface area (Å²) >= 11 is 0. The van der Waals surface area contributed by atoms with E-state index in [1.165, 1.54) is 0 Å². The largest absolute Gasteiger partial charge is 0.481 e. The van der Waals surface area contributed by atoms with Crippen LogP contribution in [0, 0.1) is 6.92 Å². The van der Waals surface area contributed by atoms with Crippen LogP contribution < -0.4 is 14.8 Å². The lowest BCUT2D eigenvalue weighted by Gasteiger charge is -2.08. The van der Waals surface area contributed by atoms with Crippen LogP contribution in [0.3, 0.4) is 0 Å². The second-order valence-electron chi connectivity index (χ2n) is 3.98. The normalized spacial score (nSPS) is 10.3. The Morgan fingerprint density at radius 2 is 1.89 bits per heavy atom. The molecule has 0 aliphatic carbocycles. The summed E-state index contributed by atoms with van der Waals surface area (Å²) in [6.07, 6.45) is 3.81. The van der Waals surface area contributed by atoms with E-state index < -0.39 is 0 Å². The molecule has 0 aliphatic heterocycles. The first-order valence-corrected chi connectivity index (χ1v) is 5.91. The Balaban J connectivity index is 1.95. The second kappa shape index (κ2) is 6.03. The zero-order valence-corrected chi connectivity index (χ0v) is 11.3. The first-order valence-electron chi connectivity index (χ1n) is 5.91. The van der Waals surface area contributed by atoms with Gasteiger partial charge in [-0.2, -0.15) is 15.1 Å². The van der Waals surface area contributed by atoms with Crippen LogP contribution in [0.25, 0.3) is 0 Å². The molecule has 0 aromatic carbocycles. The summed E-state index contributed by atoms with van der Waals surface area (Å²) in [6.45, 7) is 3.40. The third-order valence-electron chi connectivity index (χ3n) is 2.48. The number of ether oxygens (including phenoxy) is 2. The number of aryl methyl sites for hydroxylation is 1. The van der Waals surface area contributed by atoms with E-state index in [-0.39, 0.29) is 0 Å². The van der Waals surface area contributed by atoms with Crippen LogP contribution >= 0.6 is 0 Å². The summed E-state index contributed by atoms with van der Waals surface area (Å²) < 4.78 is 12.0. The average Bonchev–Trinajstić information content (AvgIpc) is 2.84. The fourth-order valence-corrected chi connectivity index (χ4v) is 1.56. The van der Waals surface area contributed by atoms with Crippen molar-refractivity contribution >= 4 is 5.95 Å². The van der Waals surface area contributed by atoms with E-state index in [0.717, 1.165) is 12.1 Å². The van der Waals surface area contributed by atoms with E-state index in [0.29, 0.717) is 24.3 Å². The van der Waals surface area contributed by atoms with E-state index in [2.05, 4.69) is 20.4 Å². The van der Waals surface area contributed by atoms with E-state index in [4.69, 9.17) is 9.47 Å². The standard InChI is InChI=1S/C12H17N5O2/c1-9-7-14-17(8-9)5-4-13-12-15-10(18-2)6-11(16-12)19-3/h6-8H,4-5H2,1-3H3,(H,13,15,16). The number of hydrogen-bond acceptors (Lipinski definition) is 6. The van der Waals surface area contributed by atoms with Crippen LogP contribution in [0.1, 0.15) is 5.56 Å². The molecule has 0 spiro atoms. The minimum atomic E-state index is 0.462. The average molecular weight is 263 g/mol. The molecule has 0 bridgehead atoms. The molecule has 0 saturated carbocycles. The van der Waals surface area contributed by atoms with Crippen LogP contribution in [-0.2, 0) is 6.54 Å². The fourth-order valence-electron chi connectivity index (χ4n) is 1.56. The molecule has 0 aliphatic rings. The quantitative estimate of drug-likeness (QED) is 0.841. The Morgan fingerprint density at radius 3 is 2.42 bits per heavy atom. The van der Waals surface area contributed by atoms with Gasteiger partial charge in [0.2, 0.25) is 17.7 Å². The lowest BCUT2D eigenvalue weighted by atomic mass is 10.4. The molecular weight excluding hydrogens is 246 g/mol. The van der Waals surface area contributed by atoms with E-state index in [9.17, 15) is 0 Å². The topological polar surface area (TPSA) is 74.1 Å². The number of methoxy groups -OCH3 is 2. The highest BCUT2D eigenvalue weighted by molar-refractivity contribution is 5.33. The van der Waals surface area contributed by atoms with Crippen molar-refractivity contribution in [2.75, 3.05) is 26.1 Å². The Kier molecular flexibility index (Phi) is 4.17. The van der Waals surface area contributed by atoms with Crippen molar-refractivity contribution in [3.63, 3.8) is 0 Å². The van der Waals surface area contributed by atoms with Gasteiger partial charge in [0.1, 0.15) is 0 Å². The van der Waals surface area contributed by atoms with Crippen LogP contribution in [0.5, 0.6) is 11.8 Å². The first-order chi connectivity index (χ1) is 9.21. The summed E-state index contributed by atoms with van der Waals surface area (Å²) in [5.74, 6) is 1.40. The summed E-state index contributed by atoms with van der Waals surface area (Å²) in [6, 6.07) is 1.63. The molecule has 0 radical (unpaired) electrons. The van der Waals surface area contributed by atoms with Gasteiger partial charge < -0.3 is 14.8 Å². The zero-order chi connectivity index (χ0) is 13.7.